The van der Waals surface area contributed by atoms with Crippen molar-refractivity contribution in [3.63, 3.8) is 0 Å². The molecule has 2 bridgehead atoms. The molecule has 0 spiro atoms. The van der Waals surface area contributed by atoms with E-state index in [1.807, 2.05) is 0 Å². The monoisotopic (exact) mass is 139 g/mol. The lowest BCUT2D eigenvalue weighted by atomic mass is 9.86. The van der Waals surface area contributed by atoms with Crippen molar-refractivity contribution in [1.29, 1.82) is 0 Å². The maximum absolute atomic E-state index is 2.63. The number of nitrogens with zero attached hydrogens (tertiary/aromatic N) is 1. The summed E-state index contributed by atoms with van der Waals surface area (Å²) >= 11 is 0. The van der Waals surface area contributed by atoms with Gasteiger partial charge in [-0.3, -0.25) is 4.90 Å². The summed E-state index contributed by atoms with van der Waals surface area (Å²) in [6.07, 6.45) is 7.21. The van der Waals surface area contributed by atoms with Crippen LogP contribution < -0.4 is 0 Å². The molecule has 58 valence electrons. The second-order valence-electron chi connectivity index (χ2n) is 3.92. The molecular formula is C9H17N. The van der Waals surface area contributed by atoms with Gasteiger partial charge in [0, 0.05) is 11.6 Å². The van der Waals surface area contributed by atoms with E-state index in [-0.39, 0.29) is 0 Å². The molecule has 0 aliphatic carbocycles. The predicted octanol–water partition coefficient (Wildman–Crippen LogP) is 2.02. The lowest BCUT2D eigenvalue weighted by molar-refractivity contribution is 0.188. The minimum atomic E-state index is 0.644. The highest BCUT2D eigenvalue weighted by Crippen LogP contribution is 2.46. The molecule has 1 nitrogen and oxygen atoms in total. The summed E-state index contributed by atoms with van der Waals surface area (Å²) in [5.41, 5.74) is 0.644. The fourth-order valence-electron chi connectivity index (χ4n) is 2.87. The van der Waals surface area contributed by atoms with E-state index in [2.05, 4.69) is 18.9 Å². The van der Waals surface area contributed by atoms with Crippen molar-refractivity contribution in [3.8, 4) is 0 Å². The molecule has 2 aliphatic heterocycles. The van der Waals surface area contributed by atoms with Crippen molar-refractivity contribution in [2.24, 2.45) is 0 Å². The Labute approximate surface area is 63.4 Å². The van der Waals surface area contributed by atoms with E-state index in [9.17, 15) is 0 Å². The van der Waals surface area contributed by atoms with E-state index < -0.39 is 0 Å². The molecular weight excluding hydrogens is 122 g/mol. The summed E-state index contributed by atoms with van der Waals surface area (Å²) in [6.45, 7) is 2.34. The van der Waals surface area contributed by atoms with Crippen LogP contribution in [0.3, 0.4) is 0 Å². The van der Waals surface area contributed by atoms with Crippen molar-refractivity contribution in [3.05, 3.63) is 0 Å². The van der Waals surface area contributed by atoms with Crippen LogP contribution in [0.1, 0.15) is 39.0 Å². The van der Waals surface area contributed by atoms with Gasteiger partial charge in [0.1, 0.15) is 0 Å². The summed E-state index contributed by atoms with van der Waals surface area (Å²) in [7, 11) is 2.31. The molecule has 2 aliphatic rings. The summed E-state index contributed by atoms with van der Waals surface area (Å²) in [5, 5.41) is 0. The molecule has 0 aromatic rings. The molecule has 2 heterocycles. The highest BCUT2D eigenvalue weighted by molar-refractivity contribution is 5.04. The zero-order valence-corrected chi connectivity index (χ0v) is 7.06. The Kier molecular flexibility index (Phi) is 1.31. The first kappa shape index (κ1) is 6.66. The van der Waals surface area contributed by atoms with Crippen LogP contribution in [0.15, 0.2) is 0 Å². The van der Waals surface area contributed by atoms with Gasteiger partial charge in [-0.1, -0.05) is 6.92 Å². The number of rotatable bonds is 1. The minimum absolute atomic E-state index is 0.644. The molecule has 0 atom stereocenters. The van der Waals surface area contributed by atoms with Crippen LogP contribution in [-0.2, 0) is 0 Å². The molecule has 2 rings (SSSR count). The van der Waals surface area contributed by atoms with Crippen LogP contribution in [0.5, 0.6) is 0 Å². The summed E-state index contributed by atoms with van der Waals surface area (Å²) in [5.74, 6) is 0. The quantitative estimate of drug-likeness (QED) is 0.537. The molecule has 0 N–H and O–H groups in total. The standard InChI is InChI=1S/C9H17N/c1-3-9-6-4-8(5-7-9)10(9)2/h8H,3-7H2,1-2H3. The Hall–Kier alpha value is -0.0400. The van der Waals surface area contributed by atoms with Crippen molar-refractivity contribution in [2.75, 3.05) is 7.05 Å². The first-order valence-electron chi connectivity index (χ1n) is 4.51. The smallest absolute Gasteiger partial charge is 0.0208 e. The topological polar surface area (TPSA) is 3.24 Å². The lowest BCUT2D eigenvalue weighted by Crippen LogP contribution is -2.37. The van der Waals surface area contributed by atoms with E-state index in [1.165, 1.54) is 32.1 Å². The maximum atomic E-state index is 2.63. The first-order valence-corrected chi connectivity index (χ1v) is 4.51. The number of fused-ring (bicyclic) bond motifs is 2. The Morgan fingerprint density at radius 2 is 2.00 bits per heavy atom. The van der Waals surface area contributed by atoms with Crippen LogP contribution in [-0.4, -0.2) is 23.5 Å². The van der Waals surface area contributed by atoms with Gasteiger partial charge < -0.3 is 0 Å². The highest BCUT2D eigenvalue weighted by atomic mass is 15.2. The molecule has 2 saturated heterocycles. The lowest BCUT2D eigenvalue weighted by Gasteiger charge is -2.30. The Bertz CT molecular complexity index is 134. The molecule has 2 fully saturated rings. The molecule has 0 aromatic carbocycles. The van der Waals surface area contributed by atoms with Gasteiger partial charge in [0.05, 0.1) is 0 Å². The van der Waals surface area contributed by atoms with E-state index in [0.29, 0.717) is 5.54 Å². The third-order valence-electron chi connectivity index (χ3n) is 3.84. The summed E-state index contributed by atoms with van der Waals surface area (Å²) in [4.78, 5) is 2.63. The third-order valence-corrected chi connectivity index (χ3v) is 3.84. The molecule has 0 radical (unpaired) electrons. The van der Waals surface area contributed by atoms with Gasteiger partial charge in [-0.15, -0.1) is 0 Å². The van der Waals surface area contributed by atoms with Gasteiger partial charge in [-0.25, -0.2) is 0 Å². The van der Waals surface area contributed by atoms with Crippen molar-refractivity contribution in [1.82, 2.24) is 4.90 Å². The normalized spacial score (nSPS) is 46.8. The minimum Gasteiger partial charge on any atom is -0.298 e. The molecule has 10 heavy (non-hydrogen) atoms. The zero-order chi connectivity index (χ0) is 7.19. The van der Waals surface area contributed by atoms with Crippen LogP contribution in [0.25, 0.3) is 0 Å². The van der Waals surface area contributed by atoms with Crippen molar-refractivity contribution in [2.45, 2.75) is 50.6 Å². The third kappa shape index (κ3) is 0.619. The predicted molar refractivity (Wildman–Crippen MR) is 43.0 cm³/mol. The number of hydrogen-bond donors (Lipinski definition) is 0. The molecule has 0 unspecified atom stereocenters. The van der Waals surface area contributed by atoms with Crippen LogP contribution in [0.2, 0.25) is 0 Å². The maximum Gasteiger partial charge on any atom is 0.0208 e. The van der Waals surface area contributed by atoms with Gasteiger partial charge in [-0.05, 0) is 39.2 Å². The van der Waals surface area contributed by atoms with Gasteiger partial charge in [-0.2, -0.15) is 0 Å². The van der Waals surface area contributed by atoms with E-state index in [0.717, 1.165) is 6.04 Å². The van der Waals surface area contributed by atoms with Crippen LogP contribution >= 0.6 is 0 Å². The van der Waals surface area contributed by atoms with Crippen LogP contribution in [0.4, 0.5) is 0 Å². The Balaban J connectivity index is 2.22. The SMILES string of the molecule is CCC12CCC(CC1)N2C. The number of hydrogen-bond acceptors (Lipinski definition) is 1. The largest absolute Gasteiger partial charge is 0.298 e. The van der Waals surface area contributed by atoms with Gasteiger partial charge in [0.15, 0.2) is 0 Å². The zero-order valence-electron chi connectivity index (χ0n) is 7.06. The fourth-order valence-corrected chi connectivity index (χ4v) is 2.87. The van der Waals surface area contributed by atoms with Crippen molar-refractivity contribution < 1.29 is 0 Å². The van der Waals surface area contributed by atoms with Crippen LogP contribution in [0, 0.1) is 0 Å². The summed E-state index contributed by atoms with van der Waals surface area (Å²) in [6, 6.07) is 0.944. The molecule has 0 saturated carbocycles. The molecule has 0 amide bonds. The summed E-state index contributed by atoms with van der Waals surface area (Å²) < 4.78 is 0. The Morgan fingerprint density at radius 3 is 2.20 bits per heavy atom. The Morgan fingerprint density at radius 1 is 1.40 bits per heavy atom. The fraction of sp³-hybridized carbons (Fsp3) is 1.00. The molecule has 0 aromatic heterocycles. The average molecular weight is 139 g/mol. The van der Waals surface area contributed by atoms with E-state index in [1.54, 1.807) is 0 Å². The second kappa shape index (κ2) is 1.97. The average Bonchev–Trinajstić information content (AvgIpc) is 2.46. The first-order chi connectivity index (χ1) is 4.78. The second-order valence-corrected chi connectivity index (χ2v) is 3.92. The highest BCUT2D eigenvalue weighted by Gasteiger charge is 2.47. The van der Waals surface area contributed by atoms with Crippen molar-refractivity contribution >= 4 is 0 Å². The van der Waals surface area contributed by atoms with Gasteiger partial charge in [0.25, 0.3) is 0 Å². The molecule has 1 heteroatoms. The van der Waals surface area contributed by atoms with Gasteiger partial charge >= 0.3 is 0 Å². The van der Waals surface area contributed by atoms with E-state index in [4.69, 9.17) is 0 Å². The van der Waals surface area contributed by atoms with E-state index >= 15 is 0 Å². The van der Waals surface area contributed by atoms with Gasteiger partial charge in [0.2, 0.25) is 0 Å².